The van der Waals surface area contributed by atoms with Gasteiger partial charge in [0.2, 0.25) is 23.6 Å². The molecule has 2 aromatic carbocycles. The lowest BCUT2D eigenvalue weighted by Crippen LogP contribution is -2.35. The van der Waals surface area contributed by atoms with Gasteiger partial charge < -0.3 is 30.6 Å². The van der Waals surface area contributed by atoms with Crippen LogP contribution in [0, 0.1) is 0 Å². The van der Waals surface area contributed by atoms with Crippen LogP contribution in [-0.2, 0) is 19.2 Å². The van der Waals surface area contributed by atoms with E-state index in [2.05, 4.69) is 10.6 Å². The van der Waals surface area contributed by atoms with Crippen molar-refractivity contribution in [2.45, 2.75) is 39.5 Å². The van der Waals surface area contributed by atoms with Crippen molar-refractivity contribution in [2.75, 3.05) is 39.3 Å². The van der Waals surface area contributed by atoms with E-state index in [-0.39, 0.29) is 35.1 Å². The number of carbonyl (C=O) groups is 4. The molecular weight excluding hydrogens is 536 g/mol. The minimum atomic E-state index is -0.230. The summed E-state index contributed by atoms with van der Waals surface area (Å²) in [5, 5.41) is 24.2. The molecule has 0 aliphatic carbocycles. The van der Waals surface area contributed by atoms with Gasteiger partial charge in [0.25, 0.3) is 0 Å². The molecule has 0 fully saturated rings. The van der Waals surface area contributed by atoms with E-state index >= 15 is 0 Å². The van der Waals surface area contributed by atoms with Gasteiger partial charge >= 0.3 is 0 Å². The van der Waals surface area contributed by atoms with Crippen LogP contribution in [-0.4, -0.2) is 82.9 Å². The first-order valence-electron chi connectivity index (χ1n) is 14.1. The molecule has 0 unspecified atom stereocenters. The fraction of sp³-hybridized carbons (Fsp3) is 0.375. The fourth-order valence-corrected chi connectivity index (χ4v) is 4.05. The van der Waals surface area contributed by atoms with E-state index in [9.17, 15) is 29.4 Å². The Labute approximate surface area is 247 Å². The highest BCUT2D eigenvalue weighted by molar-refractivity contribution is 5.92. The van der Waals surface area contributed by atoms with E-state index in [0.717, 1.165) is 24.0 Å². The van der Waals surface area contributed by atoms with Crippen molar-refractivity contribution in [3.05, 3.63) is 71.8 Å². The lowest BCUT2D eigenvalue weighted by atomic mass is 10.2. The molecule has 0 aliphatic heterocycles. The Morgan fingerprint density at radius 3 is 1.26 bits per heavy atom. The van der Waals surface area contributed by atoms with Crippen molar-refractivity contribution >= 4 is 35.8 Å². The summed E-state index contributed by atoms with van der Waals surface area (Å²) < 4.78 is 0. The lowest BCUT2D eigenvalue weighted by Gasteiger charge is -2.23. The summed E-state index contributed by atoms with van der Waals surface area (Å²) in [6.45, 7) is 6.10. The standard InChI is InChI=1S/C32H42N4O6/c1-25(37)35(23-5-19-33-31(41)17-11-27-7-13-29(39)14-8-27)21-3-4-22-36(26(2)38)24-6-20-34-32(42)18-12-28-9-15-30(40)16-10-28/h7-18,39-40H,3-6,19-24H2,1-2H3,(H,33,41)(H,34,42)/b17-11+,18-12+. The third-order valence-electron chi connectivity index (χ3n) is 6.45. The van der Waals surface area contributed by atoms with Crippen LogP contribution in [0.25, 0.3) is 12.2 Å². The zero-order valence-electron chi connectivity index (χ0n) is 24.4. The van der Waals surface area contributed by atoms with Crippen molar-refractivity contribution in [1.29, 1.82) is 0 Å². The molecule has 0 saturated carbocycles. The number of hydrogen-bond donors (Lipinski definition) is 4. The summed E-state index contributed by atoms with van der Waals surface area (Å²) >= 11 is 0. The quantitative estimate of drug-likeness (QED) is 0.168. The average molecular weight is 579 g/mol. The molecule has 4 N–H and O–H groups in total. The Balaban J connectivity index is 1.61. The molecule has 2 rings (SSSR count). The first-order chi connectivity index (χ1) is 20.1. The maximum atomic E-state index is 12.1. The highest BCUT2D eigenvalue weighted by atomic mass is 16.3. The van der Waals surface area contributed by atoms with Gasteiger partial charge in [-0.05, 0) is 73.2 Å². The number of amides is 4. The molecule has 10 heteroatoms. The number of rotatable bonds is 17. The summed E-state index contributed by atoms with van der Waals surface area (Å²) in [4.78, 5) is 51.7. The summed E-state index contributed by atoms with van der Waals surface area (Å²) in [5.74, 6) is -0.199. The van der Waals surface area contributed by atoms with Crippen molar-refractivity contribution in [2.24, 2.45) is 0 Å². The largest absolute Gasteiger partial charge is 0.508 e. The first-order valence-corrected chi connectivity index (χ1v) is 14.1. The van der Waals surface area contributed by atoms with Crippen LogP contribution in [0.2, 0.25) is 0 Å². The van der Waals surface area contributed by atoms with E-state index in [1.165, 1.54) is 26.0 Å². The molecule has 2 aromatic rings. The molecule has 226 valence electrons. The predicted molar refractivity (Wildman–Crippen MR) is 163 cm³/mol. The maximum Gasteiger partial charge on any atom is 0.244 e. The predicted octanol–water partition coefficient (Wildman–Crippen LogP) is 3.31. The second-order valence-corrected chi connectivity index (χ2v) is 9.86. The number of benzene rings is 2. The first kappa shape index (κ1) is 33.6. The van der Waals surface area contributed by atoms with Crippen molar-refractivity contribution < 1.29 is 29.4 Å². The number of carbonyl (C=O) groups excluding carboxylic acids is 4. The summed E-state index contributed by atoms with van der Waals surface area (Å²) in [6, 6.07) is 13.0. The van der Waals surface area contributed by atoms with E-state index in [0.29, 0.717) is 52.1 Å². The highest BCUT2D eigenvalue weighted by Crippen LogP contribution is 2.11. The number of phenolic OH excluding ortho intramolecular Hbond substituents is 2. The molecule has 0 saturated heterocycles. The van der Waals surface area contributed by atoms with Gasteiger partial charge in [-0.2, -0.15) is 0 Å². The van der Waals surface area contributed by atoms with Crippen LogP contribution < -0.4 is 10.6 Å². The Morgan fingerprint density at radius 1 is 0.595 bits per heavy atom. The number of phenols is 2. The minimum Gasteiger partial charge on any atom is -0.508 e. The number of aromatic hydroxyl groups is 2. The van der Waals surface area contributed by atoms with Crippen LogP contribution in [0.1, 0.15) is 50.7 Å². The number of hydrogen-bond acceptors (Lipinski definition) is 6. The number of nitrogens with one attached hydrogen (secondary N) is 2. The normalized spacial score (nSPS) is 11.0. The van der Waals surface area contributed by atoms with Gasteiger partial charge in [-0.15, -0.1) is 0 Å². The Morgan fingerprint density at radius 2 is 0.929 bits per heavy atom. The molecule has 42 heavy (non-hydrogen) atoms. The topological polar surface area (TPSA) is 139 Å². The fourth-order valence-electron chi connectivity index (χ4n) is 4.05. The zero-order chi connectivity index (χ0) is 30.7. The van der Waals surface area contributed by atoms with Gasteiger partial charge in [0, 0.05) is 65.3 Å². The van der Waals surface area contributed by atoms with E-state index in [1.807, 2.05) is 0 Å². The Kier molecular flexibility index (Phi) is 15.0. The van der Waals surface area contributed by atoms with Crippen molar-refractivity contribution in [3.8, 4) is 11.5 Å². The summed E-state index contributed by atoms with van der Waals surface area (Å²) in [5.41, 5.74) is 1.60. The second-order valence-electron chi connectivity index (χ2n) is 9.86. The van der Waals surface area contributed by atoms with E-state index in [4.69, 9.17) is 0 Å². The zero-order valence-corrected chi connectivity index (χ0v) is 24.4. The third kappa shape index (κ3) is 14.2. The average Bonchev–Trinajstić information content (AvgIpc) is 2.96. The van der Waals surface area contributed by atoms with Crippen LogP contribution >= 0.6 is 0 Å². The Bertz CT molecular complexity index is 1110. The SMILES string of the molecule is CC(=O)N(CCCCN(CCCNC(=O)/C=C/c1ccc(O)cc1)C(C)=O)CCCNC(=O)/C=C/c1ccc(O)cc1. The molecule has 0 heterocycles. The molecule has 0 bridgehead atoms. The summed E-state index contributed by atoms with van der Waals surface area (Å²) in [7, 11) is 0. The van der Waals surface area contributed by atoms with Gasteiger partial charge in [0.15, 0.2) is 0 Å². The molecule has 0 aromatic heterocycles. The second kappa shape index (κ2) is 18.7. The van der Waals surface area contributed by atoms with Crippen LogP contribution in [0.3, 0.4) is 0 Å². The molecular formula is C32H42N4O6. The smallest absolute Gasteiger partial charge is 0.244 e. The van der Waals surface area contributed by atoms with Gasteiger partial charge in [-0.1, -0.05) is 24.3 Å². The van der Waals surface area contributed by atoms with Gasteiger partial charge in [-0.25, -0.2) is 0 Å². The molecule has 0 spiro atoms. The molecule has 0 radical (unpaired) electrons. The van der Waals surface area contributed by atoms with E-state index < -0.39 is 0 Å². The number of nitrogens with zero attached hydrogens (tertiary/aromatic N) is 2. The highest BCUT2D eigenvalue weighted by Gasteiger charge is 2.11. The molecule has 0 atom stereocenters. The third-order valence-corrected chi connectivity index (χ3v) is 6.45. The van der Waals surface area contributed by atoms with Crippen LogP contribution in [0.4, 0.5) is 0 Å². The molecule has 0 aliphatic rings. The van der Waals surface area contributed by atoms with Crippen molar-refractivity contribution in [3.63, 3.8) is 0 Å². The van der Waals surface area contributed by atoms with Gasteiger partial charge in [-0.3, -0.25) is 19.2 Å². The van der Waals surface area contributed by atoms with E-state index in [1.54, 1.807) is 70.5 Å². The monoisotopic (exact) mass is 578 g/mol. The van der Waals surface area contributed by atoms with Crippen LogP contribution in [0.15, 0.2) is 60.7 Å². The summed E-state index contributed by atoms with van der Waals surface area (Å²) in [6.07, 6.45) is 8.90. The lowest BCUT2D eigenvalue weighted by molar-refractivity contribution is -0.130. The van der Waals surface area contributed by atoms with Crippen LogP contribution in [0.5, 0.6) is 11.5 Å². The van der Waals surface area contributed by atoms with Gasteiger partial charge in [0.1, 0.15) is 11.5 Å². The molecule has 10 nitrogen and oxygen atoms in total. The maximum absolute atomic E-state index is 12.1. The van der Waals surface area contributed by atoms with Crippen molar-refractivity contribution in [1.82, 2.24) is 20.4 Å². The van der Waals surface area contributed by atoms with Gasteiger partial charge in [0.05, 0.1) is 0 Å². The minimum absolute atomic E-state index is 0.0350. The number of unbranched alkanes of at least 4 members (excludes halogenated alkanes) is 1. The molecule has 4 amide bonds. The Hall–Kier alpha value is -4.60.